The Balaban J connectivity index is 1.46. The van der Waals surface area contributed by atoms with Crippen molar-refractivity contribution in [3.8, 4) is 16.6 Å². The van der Waals surface area contributed by atoms with Crippen molar-refractivity contribution in [2.45, 2.75) is 20.8 Å². The first-order valence-corrected chi connectivity index (χ1v) is 14.4. The summed E-state index contributed by atoms with van der Waals surface area (Å²) in [5.74, 6) is 0.565. The second-order valence-electron chi connectivity index (χ2n) is 10.1. The van der Waals surface area contributed by atoms with E-state index in [-0.39, 0.29) is 11.8 Å². The number of nitrogens with one attached hydrogen (secondary N) is 2. The van der Waals surface area contributed by atoms with E-state index in [1.807, 2.05) is 23.8 Å². The third-order valence-corrected chi connectivity index (χ3v) is 8.66. The number of nitriles is 1. The molecule has 2 N–H and O–H groups in total. The summed E-state index contributed by atoms with van der Waals surface area (Å²) in [6, 6.07) is 8.51. The van der Waals surface area contributed by atoms with Gasteiger partial charge in [0.25, 0.3) is 0 Å². The Hall–Kier alpha value is -4.44. The number of benzene rings is 1. The van der Waals surface area contributed by atoms with Crippen LogP contribution in [-0.2, 0) is 9.59 Å². The van der Waals surface area contributed by atoms with Crippen LogP contribution in [0, 0.1) is 18.3 Å². The molecule has 0 saturated carbocycles. The van der Waals surface area contributed by atoms with Crippen LogP contribution in [0.4, 0.5) is 28.1 Å². The fourth-order valence-corrected chi connectivity index (χ4v) is 6.06. The van der Waals surface area contributed by atoms with E-state index < -0.39 is 0 Å². The maximum Gasteiger partial charge on any atom is 0.227 e. The summed E-state index contributed by atoms with van der Waals surface area (Å²) in [5, 5.41) is 16.9. The number of hydrogen-bond acceptors (Lipinski definition) is 11. The number of amides is 2. The van der Waals surface area contributed by atoms with E-state index in [0.29, 0.717) is 43.4 Å². The number of anilines is 5. The zero-order valence-electron chi connectivity index (χ0n) is 23.8. The molecule has 41 heavy (non-hydrogen) atoms. The van der Waals surface area contributed by atoms with Crippen LogP contribution in [0.2, 0.25) is 0 Å². The van der Waals surface area contributed by atoms with Crippen LogP contribution in [0.25, 0.3) is 10.6 Å². The number of piperazine rings is 2. The molecule has 0 aliphatic carbocycles. The van der Waals surface area contributed by atoms with Crippen molar-refractivity contribution in [3.05, 3.63) is 35.7 Å². The van der Waals surface area contributed by atoms with Gasteiger partial charge in [0.1, 0.15) is 11.8 Å². The van der Waals surface area contributed by atoms with E-state index in [0.717, 1.165) is 58.9 Å². The molecule has 5 rings (SSSR count). The molecule has 2 amide bonds. The maximum absolute atomic E-state index is 11.9. The molecule has 1 aromatic carbocycles. The average molecular weight is 575 g/mol. The van der Waals surface area contributed by atoms with Gasteiger partial charge in [0, 0.05) is 90.3 Å². The Morgan fingerprint density at radius 2 is 1.46 bits per heavy atom. The third kappa shape index (κ3) is 6.17. The lowest BCUT2D eigenvalue weighted by molar-refractivity contribution is -0.129. The summed E-state index contributed by atoms with van der Waals surface area (Å²) >= 11 is 1.44. The second kappa shape index (κ2) is 12.0. The quantitative estimate of drug-likeness (QED) is 0.453. The van der Waals surface area contributed by atoms with Gasteiger partial charge in [0.15, 0.2) is 5.13 Å². The zero-order chi connectivity index (χ0) is 29.1. The summed E-state index contributed by atoms with van der Waals surface area (Å²) in [6.45, 7) is 10.7. The minimum atomic E-state index is 0.0934. The molecule has 0 spiro atoms. The molecule has 0 bridgehead atoms. The summed E-state index contributed by atoms with van der Waals surface area (Å²) in [4.78, 5) is 46.6. The normalized spacial score (nSPS) is 15.5. The Bertz CT molecular complexity index is 1430. The highest BCUT2D eigenvalue weighted by atomic mass is 32.1. The fourth-order valence-electron chi connectivity index (χ4n) is 5.14. The monoisotopic (exact) mass is 574 g/mol. The van der Waals surface area contributed by atoms with Crippen molar-refractivity contribution in [1.29, 1.82) is 5.26 Å². The van der Waals surface area contributed by atoms with Gasteiger partial charge in [0.2, 0.25) is 17.8 Å². The molecule has 0 unspecified atom stereocenters. The van der Waals surface area contributed by atoms with Crippen LogP contribution in [0.5, 0.6) is 0 Å². The van der Waals surface area contributed by atoms with Gasteiger partial charge in [-0.25, -0.2) is 15.0 Å². The molecular weight excluding hydrogens is 540 g/mol. The largest absolute Gasteiger partial charge is 0.368 e. The lowest BCUT2D eigenvalue weighted by Crippen LogP contribution is -2.49. The summed E-state index contributed by atoms with van der Waals surface area (Å²) in [5.41, 5.74) is 4.60. The van der Waals surface area contributed by atoms with E-state index in [9.17, 15) is 14.9 Å². The van der Waals surface area contributed by atoms with E-state index in [1.54, 1.807) is 13.8 Å². The van der Waals surface area contributed by atoms with E-state index in [1.165, 1.54) is 17.5 Å². The van der Waals surface area contributed by atoms with Crippen LogP contribution < -0.4 is 20.4 Å². The highest BCUT2D eigenvalue weighted by Crippen LogP contribution is 2.35. The number of thiazole rings is 1. The Morgan fingerprint density at radius 3 is 1.93 bits per heavy atom. The van der Waals surface area contributed by atoms with Gasteiger partial charge in [-0.1, -0.05) is 11.3 Å². The number of carbonyl (C=O) groups is 2. The fraction of sp³-hybridized carbons (Fsp3) is 0.429. The highest BCUT2D eigenvalue weighted by molar-refractivity contribution is 7.19. The molecular formula is C28H34N10O2S. The molecule has 0 radical (unpaired) electrons. The molecule has 12 nitrogen and oxygen atoms in total. The third-order valence-electron chi connectivity index (χ3n) is 7.47. The summed E-state index contributed by atoms with van der Waals surface area (Å²) in [7, 11) is 1.81. The Kier molecular flexibility index (Phi) is 8.21. The van der Waals surface area contributed by atoms with Crippen LogP contribution >= 0.6 is 11.3 Å². The predicted molar refractivity (Wildman–Crippen MR) is 161 cm³/mol. The van der Waals surface area contributed by atoms with Crippen molar-refractivity contribution in [2.75, 3.05) is 79.8 Å². The number of hydrogen-bond donors (Lipinski definition) is 2. The molecule has 214 valence electrons. The first kappa shape index (κ1) is 28.1. The molecule has 2 aliphatic heterocycles. The van der Waals surface area contributed by atoms with Gasteiger partial charge in [0.05, 0.1) is 22.3 Å². The number of aryl methyl sites for hydroxylation is 1. The molecule has 2 aliphatic rings. The van der Waals surface area contributed by atoms with E-state index in [4.69, 9.17) is 4.98 Å². The van der Waals surface area contributed by atoms with Gasteiger partial charge in [-0.3, -0.25) is 9.59 Å². The highest BCUT2D eigenvalue weighted by Gasteiger charge is 2.23. The number of aromatic nitrogens is 3. The van der Waals surface area contributed by atoms with E-state index in [2.05, 4.69) is 54.7 Å². The zero-order valence-corrected chi connectivity index (χ0v) is 24.6. The molecule has 0 atom stereocenters. The van der Waals surface area contributed by atoms with Gasteiger partial charge in [-0.15, -0.1) is 0 Å². The number of nitrogens with zero attached hydrogens (tertiary/aromatic N) is 8. The maximum atomic E-state index is 11.9. The molecule has 2 saturated heterocycles. The number of carbonyl (C=O) groups excluding carboxylic acids is 2. The second-order valence-corrected chi connectivity index (χ2v) is 11.1. The van der Waals surface area contributed by atoms with Gasteiger partial charge in [-0.05, 0) is 25.1 Å². The lowest BCUT2D eigenvalue weighted by Gasteiger charge is -2.38. The Morgan fingerprint density at radius 1 is 0.902 bits per heavy atom. The van der Waals surface area contributed by atoms with Gasteiger partial charge >= 0.3 is 0 Å². The van der Waals surface area contributed by atoms with Crippen LogP contribution in [-0.4, -0.2) is 96.0 Å². The minimum absolute atomic E-state index is 0.0934. The molecule has 13 heteroatoms. The molecule has 3 aromatic rings. The van der Waals surface area contributed by atoms with Crippen molar-refractivity contribution in [3.63, 3.8) is 0 Å². The molecule has 2 aromatic heterocycles. The van der Waals surface area contributed by atoms with Crippen molar-refractivity contribution >= 4 is 51.3 Å². The lowest BCUT2D eigenvalue weighted by atomic mass is 10.1. The van der Waals surface area contributed by atoms with Gasteiger partial charge < -0.3 is 30.2 Å². The Labute approximate surface area is 243 Å². The van der Waals surface area contributed by atoms with Crippen molar-refractivity contribution in [2.24, 2.45) is 0 Å². The van der Waals surface area contributed by atoms with Crippen molar-refractivity contribution < 1.29 is 9.59 Å². The topological polar surface area (TPSA) is 134 Å². The van der Waals surface area contributed by atoms with E-state index >= 15 is 0 Å². The molecule has 4 heterocycles. The average Bonchev–Trinajstić information content (AvgIpc) is 3.37. The first-order chi connectivity index (χ1) is 19.7. The smallest absolute Gasteiger partial charge is 0.227 e. The minimum Gasteiger partial charge on any atom is -0.368 e. The first-order valence-electron chi connectivity index (χ1n) is 13.6. The summed E-state index contributed by atoms with van der Waals surface area (Å²) in [6.07, 6.45) is 1.54. The van der Waals surface area contributed by atoms with Crippen LogP contribution in [0.15, 0.2) is 24.4 Å². The predicted octanol–water partition coefficient (Wildman–Crippen LogP) is 2.90. The number of rotatable bonds is 6. The van der Waals surface area contributed by atoms with Gasteiger partial charge in [-0.2, -0.15) is 5.26 Å². The SMILES string of the molecule is CNc1nc(C)c(-c2nc(Nc3cc(N4CCN(C(C)=O)CC4)cc(N4CCN(C(C)=O)CC4)c3)ncc2C#N)s1. The van der Waals surface area contributed by atoms with Crippen molar-refractivity contribution in [1.82, 2.24) is 24.8 Å². The standard InChI is InChI=1S/C28H34N10O2S/c1-18-26(41-28(30-4)32-18)25-21(16-29)17-31-27(34-25)33-22-13-23(37-9-5-35(6-10-37)19(2)39)15-24(14-22)38-11-7-36(8-12-38)20(3)40/h13-15,17H,5-12H2,1-4H3,(H,30,32)(H,31,33,34). The van der Waals surface area contributed by atoms with Crippen LogP contribution in [0.3, 0.4) is 0 Å². The summed E-state index contributed by atoms with van der Waals surface area (Å²) < 4.78 is 0. The molecule has 2 fully saturated rings. The van der Waals surface area contributed by atoms with Crippen LogP contribution in [0.1, 0.15) is 25.1 Å².